The van der Waals surface area contributed by atoms with E-state index in [-0.39, 0.29) is 24.0 Å². The molecule has 3 heterocycles. The summed E-state index contributed by atoms with van der Waals surface area (Å²) in [7, 11) is 1.93. The Kier molecular flexibility index (Phi) is 9.25. The van der Waals surface area contributed by atoms with E-state index in [0.29, 0.717) is 5.54 Å². The maximum absolute atomic E-state index is 4.96. The zero-order valence-electron chi connectivity index (χ0n) is 18.5. The zero-order valence-corrected chi connectivity index (χ0v) is 20.9. The van der Waals surface area contributed by atoms with Gasteiger partial charge in [0, 0.05) is 57.9 Å². The Morgan fingerprint density at radius 1 is 1.03 bits per heavy atom. The first-order chi connectivity index (χ1) is 14.3. The Labute approximate surface area is 198 Å². The van der Waals surface area contributed by atoms with Crippen molar-refractivity contribution < 1.29 is 4.52 Å². The van der Waals surface area contributed by atoms with Crippen LogP contribution in [0, 0.1) is 0 Å². The standard InChI is InChI=1S/C22H38N6O.HI/c1-23-21(27-15-13-26(14-16-27)18-20-8-17-29-25-20)24-19-22(9-4-2-5-10-22)28-11-6-3-7-12-28;/h8,17H,2-7,9-16,18-19H2,1H3,(H,23,24);1H. The van der Waals surface area contributed by atoms with Gasteiger partial charge < -0.3 is 14.7 Å². The highest BCUT2D eigenvalue weighted by Crippen LogP contribution is 2.35. The van der Waals surface area contributed by atoms with Crippen LogP contribution in [0.4, 0.5) is 0 Å². The second-order valence-corrected chi connectivity index (χ2v) is 8.99. The van der Waals surface area contributed by atoms with E-state index in [4.69, 9.17) is 4.52 Å². The van der Waals surface area contributed by atoms with Crippen molar-refractivity contribution in [2.24, 2.45) is 4.99 Å². The normalized spacial score (nSPS) is 23.8. The molecule has 0 atom stereocenters. The maximum atomic E-state index is 4.96. The van der Waals surface area contributed by atoms with Crippen molar-refractivity contribution in [3.05, 3.63) is 18.0 Å². The Morgan fingerprint density at radius 3 is 2.37 bits per heavy atom. The summed E-state index contributed by atoms with van der Waals surface area (Å²) in [4.78, 5) is 12.3. The SMILES string of the molecule is CN=C(NCC1(N2CCCCC2)CCCCC1)N1CCN(Cc2ccon2)CC1.I. The summed E-state index contributed by atoms with van der Waals surface area (Å²) in [6.07, 6.45) is 12.6. The number of halogens is 1. The molecule has 170 valence electrons. The van der Waals surface area contributed by atoms with Crippen molar-refractivity contribution in [1.29, 1.82) is 0 Å². The number of likely N-dealkylation sites (tertiary alicyclic amines) is 1. The number of guanidine groups is 1. The second kappa shape index (κ2) is 11.7. The Balaban J connectivity index is 0.00000256. The first-order valence-electron chi connectivity index (χ1n) is 11.6. The fourth-order valence-electron chi connectivity index (χ4n) is 5.42. The number of nitrogens with zero attached hydrogens (tertiary/aromatic N) is 5. The molecule has 1 N–H and O–H groups in total. The summed E-state index contributed by atoms with van der Waals surface area (Å²) >= 11 is 0. The highest BCUT2D eigenvalue weighted by molar-refractivity contribution is 14.0. The fourth-order valence-corrected chi connectivity index (χ4v) is 5.42. The first-order valence-corrected chi connectivity index (χ1v) is 11.6. The number of rotatable bonds is 5. The van der Waals surface area contributed by atoms with Crippen LogP contribution in [0.3, 0.4) is 0 Å². The van der Waals surface area contributed by atoms with Crippen molar-refractivity contribution >= 4 is 29.9 Å². The topological polar surface area (TPSA) is 60.1 Å². The maximum Gasteiger partial charge on any atom is 0.193 e. The highest BCUT2D eigenvalue weighted by atomic mass is 127. The van der Waals surface area contributed by atoms with Crippen molar-refractivity contribution in [2.75, 3.05) is 52.9 Å². The van der Waals surface area contributed by atoms with Crippen LogP contribution >= 0.6 is 24.0 Å². The Hall–Kier alpha value is -0.870. The Bertz CT molecular complexity index is 632. The minimum atomic E-state index is 0. The van der Waals surface area contributed by atoms with Crippen LogP contribution in [0.2, 0.25) is 0 Å². The smallest absolute Gasteiger partial charge is 0.193 e. The van der Waals surface area contributed by atoms with E-state index in [0.717, 1.165) is 50.9 Å². The molecule has 4 rings (SSSR count). The Morgan fingerprint density at radius 2 is 1.73 bits per heavy atom. The summed E-state index contributed by atoms with van der Waals surface area (Å²) in [5.41, 5.74) is 1.35. The molecule has 3 aliphatic rings. The van der Waals surface area contributed by atoms with Crippen LogP contribution in [0.5, 0.6) is 0 Å². The molecule has 7 nitrogen and oxygen atoms in total. The largest absolute Gasteiger partial charge is 0.364 e. The third-order valence-electron chi connectivity index (χ3n) is 7.15. The molecule has 2 aliphatic heterocycles. The van der Waals surface area contributed by atoms with Crippen LogP contribution < -0.4 is 5.32 Å². The quantitative estimate of drug-likeness (QED) is 0.359. The first kappa shape index (κ1) is 23.8. The lowest BCUT2D eigenvalue weighted by Crippen LogP contribution is -2.60. The molecule has 0 unspecified atom stereocenters. The number of piperazine rings is 1. The fraction of sp³-hybridized carbons (Fsp3) is 0.818. The van der Waals surface area contributed by atoms with Crippen molar-refractivity contribution in [3.8, 4) is 0 Å². The second-order valence-electron chi connectivity index (χ2n) is 8.99. The summed E-state index contributed by atoms with van der Waals surface area (Å²) < 4.78 is 4.96. The molecule has 8 heteroatoms. The number of aromatic nitrogens is 1. The molecule has 2 saturated heterocycles. The minimum absolute atomic E-state index is 0. The number of aliphatic imine (C=N–C) groups is 1. The zero-order chi connectivity index (χ0) is 19.9. The van der Waals surface area contributed by atoms with Gasteiger partial charge in [-0.2, -0.15) is 0 Å². The van der Waals surface area contributed by atoms with Crippen molar-refractivity contribution in [1.82, 2.24) is 25.2 Å². The predicted molar refractivity (Wildman–Crippen MR) is 131 cm³/mol. The summed E-state index contributed by atoms with van der Waals surface area (Å²) in [6.45, 7) is 8.55. The molecule has 0 aromatic carbocycles. The third kappa shape index (κ3) is 5.88. The van der Waals surface area contributed by atoms with E-state index in [2.05, 4.69) is 30.2 Å². The number of nitrogens with one attached hydrogen (secondary N) is 1. The van der Waals surface area contributed by atoms with Gasteiger partial charge in [0.2, 0.25) is 0 Å². The van der Waals surface area contributed by atoms with Gasteiger partial charge in [-0.05, 0) is 38.8 Å². The molecule has 1 aromatic rings. The average Bonchev–Trinajstić information content (AvgIpc) is 3.30. The summed E-state index contributed by atoms with van der Waals surface area (Å²) in [6, 6.07) is 1.96. The summed E-state index contributed by atoms with van der Waals surface area (Å²) in [5, 5.41) is 7.84. The van der Waals surface area contributed by atoms with E-state index in [1.54, 1.807) is 6.26 Å². The molecule has 1 aromatic heterocycles. The highest BCUT2D eigenvalue weighted by Gasteiger charge is 2.38. The predicted octanol–water partition coefficient (Wildman–Crippen LogP) is 3.17. The lowest BCUT2D eigenvalue weighted by atomic mass is 9.79. The molecule has 1 aliphatic carbocycles. The van der Waals surface area contributed by atoms with Gasteiger partial charge in [0.05, 0.1) is 5.69 Å². The molecular weight excluding hydrogens is 491 g/mol. The van der Waals surface area contributed by atoms with E-state index in [1.165, 1.54) is 64.5 Å². The van der Waals surface area contributed by atoms with Gasteiger partial charge in [0.25, 0.3) is 0 Å². The average molecular weight is 530 g/mol. The molecule has 3 fully saturated rings. The number of hydrogen-bond acceptors (Lipinski definition) is 5. The summed E-state index contributed by atoms with van der Waals surface area (Å²) in [5.74, 6) is 1.08. The van der Waals surface area contributed by atoms with Crippen LogP contribution in [0.1, 0.15) is 57.1 Å². The molecule has 0 amide bonds. The minimum Gasteiger partial charge on any atom is -0.364 e. The molecule has 0 spiro atoms. The van der Waals surface area contributed by atoms with E-state index < -0.39 is 0 Å². The van der Waals surface area contributed by atoms with Gasteiger partial charge in [-0.1, -0.05) is 30.8 Å². The lowest BCUT2D eigenvalue weighted by Gasteiger charge is -2.49. The molecule has 1 saturated carbocycles. The molecular formula is C22H39IN6O. The van der Waals surface area contributed by atoms with Crippen LogP contribution in [-0.2, 0) is 6.54 Å². The van der Waals surface area contributed by atoms with Gasteiger partial charge >= 0.3 is 0 Å². The van der Waals surface area contributed by atoms with Crippen LogP contribution in [-0.4, -0.2) is 84.2 Å². The van der Waals surface area contributed by atoms with E-state index >= 15 is 0 Å². The number of hydrogen-bond donors (Lipinski definition) is 1. The monoisotopic (exact) mass is 530 g/mol. The third-order valence-corrected chi connectivity index (χ3v) is 7.15. The lowest BCUT2D eigenvalue weighted by molar-refractivity contribution is 0.0361. The van der Waals surface area contributed by atoms with Gasteiger partial charge in [-0.15, -0.1) is 24.0 Å². The van der Waals surface area contributed by atoms with Crippen LogP contribution in [0.15, 0.2) is 21.8 Å². The van der Waals surface area contributed by atoms with Gasteiger partial charge in [0.15, 0.2) is 5.96 Å². The van der Waals surface area contributed by atoms with Crippen LogP contribution in [0.25, 0.3) is 0 Å². The molecule has 0 radical (unpaired) electrons. The number of piperidine rings is 1. The van der Waals surface area contributed by atoms with E-state index in [1.807, 2.05) is 13.1 Å². The van der Waals surface area contributed by atoms with Crippen molar-refractivity contribution in [2.45, 2.75) is 63.5 Å². The molecule has 0 bridgehead atoms. The van der Waals surface area contributed by atoms with Gasteiger partial charge in [-0.3, -0.25) is 14.8 Å². The van der Waals surface area contributed by atoms with Crippen molar-refractivity contribution in [3.63, 3.8) is 0 Å². The van der Waals surface area contributed by atoms with Gasteiger partial charge in [0.1, 0.15) is 6.26 Å². The van der Waals surface area contributed by atoms with E-state index in [9.17, 15) is 0 Å². The van der Waals surface area contributed by atoms with Gasteiger partial charge in [-0.25, -0.2) is 0 Å². The molecule has 30 heavy (non-hydrogen) atoms.